The molecule has 2 aliphatic rings. The van der Waals surface area contributed by atoms with Crippen molar-refractivity contribution in [3.05, 3.63) is 11.6 Å². The van der Waals surface area contributed by atoms with Gasteiger partial charge in [0.05, 0.1) is 0 Å². The second-order valence-corrected chi connectivity index (χ2v) is 6.35. The summed E-state index contributed by atoms with van der Waals surface area (Å²) >= 11 is 0. The Kier molecular flexibility index (Phi) is 3.94. The van der Waals surface area contributed by atoms with E-state index in [1.807, 2.05) is 0 Å². The van der Waals surface area contributed by atoms with Crippen LogP contribution < -0.4 is 5.32 Å². The molecule has 2 fully saturated rings. The van der Waals surface area contributed by atoms with Gasteiger partial charge in [0.1, 0.15) is 0 Å². The lowest BCUT2D eigenvalue weighted by Crippen LogP contribution is -2.63. The molecule has 0 aromatic carbocycles. The van der Waals surface area contributed by atoms with Gasteiger partial charge in [-0.15, -0.1) is 0 Å². The Morgan fingerprint density at radius 1 is 1.41 bits per heavy atom. The van der Waals surface area contributed by atoms with Crippen molar-refractivity contribution in [2.75, 3.05) is 19.6 Å². The first-order chi connectivity index (χ1) is 8.05. The van der Waals surface area contributed by atoms with Crippen LogP contribution in [-0.4, -0.2) is 36.1 Å². The fraction of sp³-hybridized carbons (Fsp3) is 0.867. The largest absolute Gasteiger partial charge is 0.308 e. The Bertz CT molecular complexity index is 289. The van der Waals surface area contributed by atoms with Crippen molar-refractivity contribution in [1.82, 2.24) is 10.2 Å². The Morgan fingerprint density at radius 3 is 2.65 bits per heavy atom. The highest BCUT2D eigenvalue weighted by molar-refractivity contribution is 5.06. The average Bonchev–Trinajstić information content (AvgIpc) is 3.10. The van der Waals surface area contributed by atoms with Crippen molar-refractivity contribution in [2.24, 2.45) is 5.92 Å². The maximum Gasteiger partial charge on any atom is 0.0309 e. The molecule has 0 aromatic heterocycles. The normalized spacial score (nSPS) is 34.7. The summed E-state index contributed by atoms with van der Waals surface area (Å²) in [5.41, 5.74) is 1.81. The number of piperazine rings is 1. The molecule has 0 aromatic rings. The summed E-state index contributed by atoms with van der Waals surface area (Å²) in [5, 5.41) is 3.81. The number of hydrogen-bond acceptors (Lipinski definition) is 2. The second-order valence-electron chi connectivity index (χ2n) is 6.35. The van der Waals surface area contributed by atoms with Gasteiger partial charge in [-0.2, -0.15) is 0 Å². The molecule has 2 rings (SSSR count). The van der Waals surface area contributed by atoms with Gasteiger partial charge in [-0.1, -0.05) is 18.6 Å². The summed E-state index contributed by atoms with van der Waals surface area (Å²) < 4.78 is 0. The van der Waals surface area contributed by atoms with E-state index in [9.17, 15) is 0 Å². The van der Waals surface area contributed by atoms with Crippen molar-refractivity contribution in [2.45, 2.75) is 58.5 Å². The Hall–Kier alpha value is -0.340. The quantitative estimate of drug-likeness (QED) is 0.755. The van der Waals surface area contributed by atoms with Gasteiger partial charge >= 0.3 is 0 Å². The van der Waals surface area contributed by atoms with E-state index in [1.165, 1.54) is 37.9 Å². The lowest BCUT2D eigenvalue weighted by molar-refractivity contribution is 0.0833. The van der Waals surface area contributed by atoms with Crippen LogP contribution in [0.1, 0.15) is 47.0 Å². The first-order valence-electron chi connectivity index (χ1n) is 7.17. The highest BCUT2D eigenvalue weighted by atomic mass is 15.3. The fourth-order valence-corrected chi connectivity index (χ4v) is 3.00. The van der Waals surface area contributed by atoms with E-state index in [2.05, 4.69) is 44.0 Å². The monoisotopic (exact) mass is 236 g/mol. The minimum atomic E-state index is 0.376. The zero-order valence-electron chi connectivity index (χ0n) is 11.9. The summed E-state index contributed by atoms with van der Waals surface area (Å²) in [5.74, 6) is 0.925. The number of nitrogens with one attached hydrogen (secondary N) is 1. The van der Waals surface area contributed by atoms with Gasteiger partial charge in [0.25, 0.3) is 0 Å². The van der Waals surface area contributed by atoms with E-state index >= 15 is 0 Å². The molecule has 2 nitrogen and oxygen atoms in total. The number of rotatable bonds is 4. The topological polar surface area (TPSA) is 15.3 Å². The molecular weight excluding hydrogens is 208 g/mol. The molecule has 1 aliphatic carbocycles. The van der Waals surface area contributed by atoms with Gasteiger partial charge in [-0.05, 0) is 46.0 Å². The van der Waals surface area contributed by atoms with E-state index in [1.54, 1.807) is 0 Å². The molecule has 1 N–H and O–H groups in total. The Labute approximate surface area is 106 Å². The van der Waals surface area contributed by atoms with Crippen LogP contribution >= 0.6 is 0 Å². The molecule has 1 saturated carbocycles. The molecule has 1 heterocycles. The first-order valence-corrected chi connectivity index (χ1v) is 7.17. The van der Waals surface area contributed by atoms with E-state index < -0.39 is 0 Å². The van der Waals surface area contributed by atoms with Crippen molar-refractivity contribution in [1.29, 1.82) is 0 Å². The van der Waals surface area contributed by atoms with Crippen LogP contribution in [0.4, 0.5) is 0 Å². The van der Waals surface area contributed by atoms with E-state index in [4.69, 9.17) is 0 Å². The van der Waals surface area contributed by atoms with Gasteiger partial charge in [0.15, 0.2) is 0 Å². The highest BCUT2D eigenvalue weighted by Crippen LogP contribution is 2.41. The molecule has 0 radical (unpaired) electrons. The van der Waals surface area contributed by atoms with Gasteiger partial charge in [-0.25, -0.2) is 0 Å². The maximum absolute atomic E-state index is 3.81. The van der Waals surface area contributed by atoms with Crippen LogP contribution in [0.25, 0.3) is 0 Å². The third-order valence-electron chi connectivity index (χ3n) is 4.47. The summed E-state index contributed by atoms with van der Waals surface area (Å²) in [4.78, 5) is 2.68. The van der Waals surface area contributed by atoms with Gasteiger partial charge in [0, 0.05) is 31.2 Å². The third kappa shape index (κ3) is 3.11. The van der Waals surface area contributed by atoms with Crippen LogP contribution in [0.5, 0.6) is 0 Å². The summed E-state index contributed by atoms with van der Waals surface area (Å²) in [7, 11) is 0. The standard InChI is InChI=1S/C15H28N2/c1-5-14-10-16-15(4,13-6-7-13)11-17(14)9-8-12(2)3/h8,13-14,16H,5-7,9-11H2,1-4H3. The molecule has 98 valence electrons. The molecule has 1 saturated heterocycles. The highest BCUT2D eigenvalue weighted by Gasteiger charge is 2.45. The summed E-state index contributed by atoms with van der Waals surface area (Å²) in [6.45, 7) is 12.6. The van der Waals surface area contributed by atoms with E-state index in [-0.39, 0.29) is 0 Å². The van der Waals surface area contributed by atoms with Crippen LogP contribution in [-0.2, 0) is 0 Å². The van der Waals surface area contributed by atoms with Crippen LogP contribution in [0.3, 0.4) is 0 Å². The van der Waals surface area contributed by atoms with Gasteiger partial charge in [-0.3, -0.25) is 4.90 Å². The van der Waals surface area contributed by atoms with Crippen molar-refractivity contribution in [3.8, 4) is 0 Å². The molecule has 2 atom stereocenters. The second kappa shape index (κ2) is 5.11. The first kappa shape index (κ1) is 13.1. The SMILES string of the molecule is CCC1CNC(C)(C2CC2)CN1CC=C(C)C. The zero-order chi connectivity index (χ0) is 12.5. The summed E-state index contributed by atoms with van der Waals surface area (Å²) in [6.07, 6.45) is 6.49. The average molecular weight is 236 g/mol. The van der Waals surface area contributed by atoms with E-state index in [0.29, 0.717) is 5.54 Å². The molecule has 1 aliphatic heterocycles. The molecule has 0 bridgehead atoms. The predicted molar refractivity (Wildman–Crippen MR) is 74.2 cm³/mol. The van der Waals surface area contributed by atoms with Crippen molar-refractivity contribution >= 4 is 0 Å². The van der Waals surface area contributed by atoms with Crippen LogP contribution in [0.2, 0.25) is 0 Å². The Balaban J connectivity index is 2.00. The molecule has 2 unspecified atom stereocenters. The van der Waals surface area contributed by atoms with Crippen molar-refractivity contribution in [3.63, 3.8) is 0 Å². The zero-order valence-corrected chi connectivity index (χ0v) is 11.9. The molecule has 0 spiro atoms. The van der Waals surface area contributed by atoms with Crippen molar-refractivity contribution < 1.29 is 0 Å². The fourth-order valence-electron chi connectivity index (χ4n) is 3.00. The minimum Gasteiger partial charge on any atom is -0.308 e. The maximum atomic E-state index is 3.81. The Morgan fingerprint density at radius 2 is 2.12 bits per heavy atom. The number of allylic oxidation sites excluding steroid dienone is 1. The van der Waals surface area contributed by atoms with Gasteiger partial charge < -0.3 is 5.32 Å². The number of hydrogen-bond donors (Lipinski definition) is 1. The molecular formula is C15H28N2. The van der Waals surface area contributed by atoms with Gasteiger partial charge in [0.2, 0.25) is 0 Å². The lowest BCUT2D eigenvalue weighted by Gasteiger charge is -2.46. The summed E-state index contributed by atoms with van der Waals surface area (Å²) in [6, 6.07) is 0.720. The lowest BCUT2D eigenvalue weighted by atomic mass is 9.90. The number of nitrogens with zero attached hydrogens (tertiary/aromatic N) is 1. The molecule has 2 heteroatoms. The minimum absolute atomic E-state index is 0.376. The van der Waals surface area contributed by atoms with E-state index in [0.717, 1.165) is 18.5 Å². The third-order valence-corrected chi connectivity index (χ3v) is 4.47. The van der Waals surface area contributed by atoms with Crippen LogP contribution in [0, 0.1) is 5.92 Å². The predicted octanol–water partition coefficient (Wildman–Crippen LogP) is 2.81. The molecule has 0 amide bonds. The van der Waals surface area contributed by atoms with Crippen LogP contribution in [0.15, 0.2) is 11.6 Å². The smallest absolute Gasteiger partial charge is 0.0309 e. The molecule has 17 heavy (non-hydrogen) atoms.